The Bertz CT molecular complexity index is 2160. The van der Waals surface area contributed by atoms with Gasteiger partial charge in [0.15, 0.2) is 0 Å². The van der Waals surface area contributed by atoms with Crippen molar-refractivity contribution in [2.24, 2.45) is 0 Å². The number of benzene rings is 4. The Kier molecular flexibility index (Phi) is 11.4. The van der Waals surface area contributed by atoms with Crippen LogP contribution >= 0.6 is 11.3 Å². The number of rotatable bonds is 6. The van der Waals surface area contributed by atoms with Crippen LogP contribution in [0.2, 0.25) is 39.3 Å². The fourth-order valence-corrected chi connectivity index (χ4v) is 10.1. The SMILES string of the molecule is CC(C)c1ccnc(-c2[c-]ccc3c2sc2c(-c4ccccc4)c([Si](C)(C)C)ccc23)c1.C[Si](C)(C)c1ccc(-c2[c-]cccc2)nc1.[Ir]. The van der Waals surface area contributed by atoms with Crippen LogP contribution in [0.4, 0.5) is 0 Å². The molecule has 0 fully saturated rings. The zero-order valence-corrected chi connectivity index (χ0v) is 34.9. The summed E-state index contributed by atoms with van der Waals surface area (Å²) in [5, 5.41) is 5.55. The molecule has 3 aromatic heterocycles. The molecule has 0 amide bonds. The van der Waals surface area contributed by atoms with Crippen molar-refractivity contribution in [3.8, 4) is 33.6 Å². The second kappa shape index (κ2) is 15.2. The third-order valence-corrected chi connectivity index (χ3v) is 14.1. The Morgan fingerprint density at radius 2 is 1.39 bits per heavy atom. The van der Waals surface area contributed by atoms with E-state index in [1.807, 2.05) is 48.0 Å². The van der Waals surface area contributed by atoms with Crippen LogP contribution in [0.1, 0.15) is 25.3 Å². The molecule has 0 aliphatic rings. The first-order valence-corrected chi connectivity index (χ1v) is 24.6. The second-order valence-corrected chi connectivity index (χ2v) is 25.9. The molecule has 0 saturated heterocycles. The fraction of sp³-hybridized carbons (Fsp3) is 0.209. The summed E-state index contributed by atoms with van der Waals surface area (Å²) in [7, 11) is -2.77. The van der Waals surface area contributed by atoms with Crippen LogP contribution in [0, 0.1) is 12.1 Å². The summed E-state index contributed by atoms with van der Waals surface area (Å²) in [5.41, 5.74) is 8.23. The van der Waals surface area contributed by atoms with Crippen molar-refractivity contribution in [2.75, 3.05) is 0 Å². The van der Waals surface area contributed by atoms with Crippen molar-refractivity contribution in [2.45, 2.75) is 59.0 Å². The summed E-state index contributed by atoms with van der Waals surface area (Å²) < 4.78 is 2.66. The molecule has 0 spiro atoms. The summed E-state index contributed by atoms with van der Waals surface area (Å²) in [4.78, 5) is 9.25. The minimum Gasteiger partial charge on any atom is -0.305 e. The minimum absolute atomic E-state index is 0. The van der Waals surface area contributed by atoms with E-state index in [1.165, 1.54) is 47.2 Å². The Hall–Kier alpha value is -3.52. The van der Waals surface area contributed by atoms with Gasteiger partial charge in [0.05, 0.1) is 16.1 Å². The van der Waals surface area contributed by atoms with Gasteiger partial charge >= 0.3 is 0 Å². The smallest absolute Gasteiger partial charge is 0.0795 e. The van der Waals surface area contributed by atoms with E-state index in [-0.39, 0.29) is 20.1 Å². The van der Waals surface area contributed by atoms with Crippen molar-refractivity contribution >= 4 is 58.0 Å². The number of pyridine rings is 2. The number of hydrogen-bond acceptors (Lipinski definition) is 3. The predicted molar refractivity (Wildman–Crippen MR) is 215 cm³/mol. The molecule has 7 aromatic rings. The maximum absolute atomic E-state index is 4.73. The van der Waals surface area contributed by atoms with Crippen LogP contribution in [-0.2, 0) is 20.1 Å². The van der Waals surface area contributed by atoms with Crippen LogP contribution in [-0.4, -0.2) is 26.1 Å². The zero-order chi connectivity index (χ0) is 34.1. The van der Waals surface area contributed by atoms with Gasteiger partial charge in [-0.2, -0.15) is 11.3 Å². The van der Waals surface area contributed by atoms with E-state index in [4.69, 9.17) is 4.98 Å². The minimum atomic E-state index is -1.54. The average Bonchev–Trinajstić information content (AvgIpc) is 3.47. The second-order valence-electron chi connectivity index (χ2n) is 14.8. The van der Waals surface area contributed by atoms with Crippen molar-refractivity contribution in [1.29, 1.82) is 0 Å². The molecule has 0 bridgehead atoms. The van der Waals surface area contributed by atoms with Gasteiger partial charge in [-0.15, -0.1) is 59.7 Å². The first-order valence-electron chi connectivity index (χ1n) is 16.8. The van der Waals surface area contributed by atoms with Crippen molar-refractivity contribution < 1.29 is 20.1 Å². The number of aromatic nitrogens is 2. The monoisotopic (exact) mass is 869 g/mol. The van der Waals surface area contributed by atoms with Crippen LogP contribution < -0.4 is 10.4 Å². The maximum Gasteiger partial charge on any atom is 0.0795 e. The molecule has 2 nitrogen and oxygen atoms in total. The molecular weight excluding hydrogens is 825 g/mol. The summed E-state index contributed by atoms with van der Waals surface area (Å²) in [6.45, 7) is 18.8. The van der Waals surface area contributed by atoms with Crippen LogP contribution in [0.5, 0.6) is 0 Å². The Labute approximate surface area is 312 Å². The summed E-state index contributed by atoms with van der Waals surface area (Å²) >= 11 is 1.90. The summed E-state index contributed by atoms with van der Waals surface area (Å²) in [5.74, 6) is 0.474. The van der Waals surface area contributed by atoms with E-state index >= 15 is 0 Å². The molecule has 1 radical (unpaired) electrons. The summed E-state index contributed by atoms with van der Waals surface area (Å²) in [6, 6.07) is 43.2. The molecule has 7 rings (SSSR count). The van der Waals surface area contributed by atoms with Gasteiger partial charge in [-0.3, -0.25) is 0 Å². The van der Waals surface area contributed by atoms with E-state index in [0.717, 1.165) is 22.5 Å². The van der Waals surface area contributed by atoms with E-state index < -0.39 is 16.1 Å². The third-order valence-electron chi connectivity index (χ3n) is 8.79. The molecule has 0 aliphatic carbocycles. The first kappa shape index (κ1) is 36.8. The fourth-order valence-electron chi connectivity index (χ4n) is 6.00. The molecule has 251 valence electrons. The van der Waals surface area contributed by atoms with Gasteiger partial charge in [-0.25, -0.2) is 0 Å². The molecule has 0 saturated carbocycles. The van der Waals surface area contributed by atoms with Gasteiger partial charge in [0.25, 0.3) is 0 Å². The Morgan fingerprint density at radius 3 is 2.02 bits per heavy atom. The molecule has 0 atom stereocenters. The molecule has 6 heteroatoms. The summed E-state index contributed by atoms with van der Waals surface area (Å²) in [6.07, 6.45) is 3.95. The molecular formula is C43H44IrN2SSi2-2. The van der Waals surface area contributed by atoms with Gasteiger partial charge in [-0.1, -0.05) is 130 Å². The first-order chi connectivity index (χ1) is 22.9. The van der Waals surface area contributed by atoms with Crippen LogP contribution in [0.25, 0.3) is 53.8 Å². The average molecular weight is 869 g/mol. The number of nitrogens with zero attached hydrogens (tertiary/aromatic N) is 2. The van der Waals surface area contributed by atoms with Gasteiger partial charge < -0.3 is 9.97 Å². The Balaban J connectivity index is 0.000000233. The third kappa shape index (κ3) is 8.11. The molecule has 3 heterocycles. The molecule has 4 aromatic carbocycles. The number of fused-ring (bicyclic) bond motifs is 3. The van der Waals surface area contributed by atoms with Crippen LogP contribution in [0.15, 0.2) is 116 Å². The van der Waals surface area contributed by atoms with Crippen molar-refractivity contribution in [3.63, 3.8) is 0 Å². The van der Waals surface area contributed by atoms with Gasteiger partial charge in [0, 0.05) is 37.2 Å². The van der Waals surface area contributed by atoms with E-state index in [9.17, 15) is 0 Å². The van der Waals surface area contributed by atoms with Crippen molar-refractivity contribution in [3.05, 3.63) is 133 Å². The van der Waals surface area contributed by atoms with Gasteiger partial charge in [-0.05, 0) is 49.8 Å². The quantitative estimate of drug-likeness (QED) is 0.123. The molecule has 49 heavy (non-hydrogen) atoms. The zero-order valence-electron chi connectivity index (χ0n) is 29.7. The van der Waals surface area contributed by atoms with E-state index in [2.05, 4.69) is 149 Å². The van der Waals surface area contributed by atoms with Crippen molar-refractivity contribution in [1.82, 2.24) is 9.97 Å². The van der Waals surface area contributed by atoms with E-state index in [1.54, 1.807) is 0 Å². The number of hydrogen-bond donors (Lipinski definition) is 0. The normalized spacial score (nSPS) is 11.7. The molecule has 0 aliphatic heterocycles. The van der Waals surface area contributed by atoms with Gasteiger partial charge in [0.1, 0.15) is 0 Å². The van der Waals surface area contributed by atoms with Gasteiger partial charge in [0.2, 0.25) is 0 Å². The standard InChI is InChI=1S/C29H28NSSi.C14H16NSi.Ir/c1-19(2)21-16-17-30-25(18-21)24-13-9-12-22-23-14-15-26(32(3,4)5)27(29(23)31-28(22)24)20-10-7-6-8-11-20;1-16(2,3)13-9-10-14(15-11-13)12-7-5-4-6-8-12;/h6-12,14-19H,1-5H3;4-7,9-11H,1-3H3;/q2*-1;. The molecule has 0 unspecified atom stereocenters. The van der Waals surface area contributed by atoms with Crippen LogP contribution in [0.3, 0.4) is 0 Å². The number of thiophene rings is 1. The molecule has 0 N–H and O–H groups in total. The Morgan fingerprint density at radius 1 is 0.653 bits per heavy atom. The maximum atomic E-state index is 4.73. The largest absolute Gasteiger partial charge is 0.305 e. The predicted octanol–water partition coefficient (Wildman–Crippen LogP) is 11.3. The van der Waals surface area contributed by atoms with E-state index in [0.29, 0.717) is 5.92 Å². The topological polar surface area (TPSA) is 25.8 Å².